The SMILES string of the molecule is c1cc2c(c3c1CCCC3)OC1(CCNCC1)CC2. The molecule has 2 heterocycles. The first kappa shape index (κ1) is 11.8. The zero-order valence-electron chi connectivity index (χ0n) is 11.6. The van der Waals surface area contributed by atoms with Gasteiger partial charge in [0.1, 0.15) is 11.4 Å². The third kappa shape index (κ3) is 1.97. The van der Waals surface area contributed by atoms with Gasteiger partial charge in [-0.2, -0.15) is 0 Å². The molecule has 0 amide bonds. The van der Waals surface area contributed by atoms with Crippen molar-refractivity contribution in [1.29, 1.82) is 0 Å². The van der Waals surface area contributed by atoms with E-state index < -0.39 is 0 Å². The monoisotopic (exact) mass is 257 g/mol. The van der Waals surface area contributed by atoms with Crippen LogP contribution in [0.2, 0.25) is 0 Å². The first-order chi connectivity index (χ1) is 9.36. The summed E-state index contributed by atoms with van der Waals surface area (Å²) in [5.74, 6) is 1.28. The van der Waals surface area contributed by atoms with Gasteiger partial charge < -0.3 is 10.1 Å². The average Bonchev–Trinajstić information content (AvgIpc) is 2.48. The molecule has 2 heteroatoms. The van der Waals surface area contributed by atoms with Crippen molar-refractivity contribution in [3.63, 3.8) is 0 Å². The molecule has 1 spiro atoms. The van der Waals surface area contributed by atoms with Gasteiger partial charge in [0.05, 0.1) is 0 Å². The molecule has 0 aromatic heterocycles. The Kier molecular flexibility index (Phi) is 2.80. The molecule has 19 heavy (non-hydrogen) atoms. The fourth-order valence-electron chi connectivity index (χ4n) is 4.03. The molecule has 1 N–H and O–H groups in total. The van der Waals surface area contributed by atoms with Gasteiger partial charge in [0.25, 0.3) is 0 Å². The van der Waals surface area contributed by atoms with Crippen molar-refractivity contribution in [2.45, 2.75) is 57.0 Å². The van der Waals surface area contributed by atoms with E-state index in [9.17, 15) is 0 Å². The van der Waals surface area contributed by atoms with Crippen LogP contribution in [0.4, 0.5) is 0 Å². The number of fused-ring (bicyclic) bond motifs is 3. The Hall–Kier alpha value is -1.02. The second-order valence-electron chi connectivity index (χ2n) is 6.43. The lowest BCUT2D eigenvalue weighted by Crippen LogP contribution is -2.48. The molecule has 0 unspecified atom stereocenters. The predicted octanol–water partition coefficient (Wildman–Crippen LogP) is 3.01. The van der Waals surface area contributed by atoms with E-state index in [1.54, 1.807) is 11.1 Å². The number of ether oxygens (including phenoxy) is 1. The van der Waals surface area contributed by atoms with Crippen molar-refractivity contribution in [3.8, 4) is 5.75 Å². The second kappa shape index (κ2) is 4.52. The van der Waals surface area contributed by atoms with E-state index in [1.165, 1.54) is 62.7 Å². The maximum absolute atomic E-state index is 6.62. The van der Waals surface area contributed by atoms with Gasteiger partial charge in [-0.15, -0.1) is 0 Å². The molecule has 1 aliphatic carbocycles. The highest BCUT2D eigenvalue weighted by molar-refractivity contribution is 5.49. The number of nitrogens with one attached hydrogen (secondary N) is 1. The first-order valence-electron chi connectivity index (χ1n) is 7.90. The Labute approximate surface area is 115 Å². The van der Waals surface area contributed by atoms with Crippen molar-refractivity contribution >= 4 is 0 Å². The van der Waals surface area contributed by atoms with E-state index in [2.05, 4.69) is 17.4 Å². The van der Waals surface area contributed by atoms with Crippen molar-refractivity contribution in [3.05, 3.63) is 28.8 Å². The Morgan fingerprint density at radius 3 is 2.58 bits per heavy atom. The quantitative estimate of drug-likeness (QED) is 0.771. The molecule has 3 aliphatic rings. The third-order valence-corrected chi connectivity index (χ3v) is 5.25. The highest BCUT2D eigenvalue weighted by Gasteiger charge is 2.38. The van der Waals surface area contributed by atoms with Crippen LogP contribution in [0.5, 0.6) is 5.75 Å². The van der Waals surface area contributed by atoms with E-state index in [0.29, 0.717) is 0 Å². The summed E-state index contributed by atoms with van der Waals surface area (Å²) in [6.07, 6.45) is 9.94. The van der Waals surface area contributed by atoms with E-state index >= 15 is 0 Å². The Bertz CT molecular complexity index is 488. The highest BCUT2D eigenvalue weighted by Crippen LogP contribution is 2.42. The molecule has 4 rings (SSSR count). The summed E-state index contributed by atoms with van der Waals surface area (Å²) in [7, 11) is 0. The van der Waals surface area contributed by atoms with Crippen molar-refractivity contribution in [1.82, 2.24) is 5.32 Å². The molecule has 2 aliphatic heterocycles. The summed E-state index contributed by atoms with van der Waals surface area (Å²) in [6, 6.07) is 4.69. The second-order valence-corrected chi connectivity index (χ2v) is 6.43. The van der Waals surface area contributed by atoms with Crippen LogP contribution < -0.4 is 10.1 Å². The standard InChI is InChI=1S/C17H23NO/c1-2-4-15-13(3-1)5-6-14-7-8-17(19-16(14)15)9-11-18-12-10-17/h5-6,18H,1-4,7-12H2. The van der Waals surface area contributed by atoms with Crippen molar-refractivity contribution in [2.24, 2.45) is 0 Å². The predicted molar refractivity (Wildman–Crippen MR) is 76.9 cm³/mol. The van der Waals surface area contributed by atoms with Gasteiger partial charge in [-0.05, 0) is 81.1 Å². The molecule has 0 saturated carbocycles. The van der Waals surface area contributed by atoms with Crippen molar-refractivity contribution < 1.29 is 4.74 Å². The summed E-state index contributed by atoms with van der Waals surface area (Å²) < 4.78 is 6.62. The lowest BCUT2D eigenvalue weighted by atomic mass is 9.81. The minimum Gasteiger partial charge on any atom is -0.487 e. The maximum Gasteiger partial charge on any atom is 0.126 e. The van der Waals surface area contributed by atoms with Crippen LogP contribution in [0.15, 0.2) is 12.1 Å². The van der Waals surface area contributed by atoms with E-state index in [1.807, 2.05) is 0 Å². The Morgan fingerprint density at radius 1 is 0.895 bits per heavy atom. The Morgan fingerprint density at radius 2 is 1.68 bits per heavy atom. The molecule has 102 valence electrons. The molecule has 0 radical (unpaired) electrons. The summed E-state index contributed by atoms with van der Waals surface area (Å²) >= 11 is 0. The van der Waals surface area contributed by atoms with E-state index in [0.717, 1.165) is 13.1 Å². The normalized spacial score (nSPS) is 24.4. The molecule has 1 aromatic rings. The van der Waals surface area contributed by atoms with Crippen LogP contribution in [0.3, 0.4) is 0 Å². The molecule has 1 fully saturated rings. The summed E-state index contributed by atoms with van der Waals surface area (Å²) in [5, 5.41) is 3.46. The fraction of sp³-hybridized carbons (Fsp3) is 0.647. The van der Waals surface area contributed by atoms with Gasteiger partial charge in [-0.1, -0.05) is 12.1 Å². The van der Waals surface area contributed by atoms with Crippen LogP contribution in [0.25, 0.3) is 0 Å². The van der Waals surface area contributed by atoms with Gasteiger partial charge in [0.2, 0.25) is 0 Å². The van der Waals surface area contributed by atoms with Gasteiger partial charge in [0, 0.05) is 0 Å². The zero-order chi connectivity index (χ0) is 12.7. The zero-order valence-corrected chi connectivity index (χ0v) is 11.6. The fourth-order valence-corrected chi connectivity index (χ4v) is 4.03. The topological polar surface area (TPSA) is 21.3 Å². The highest BCUT2D eigenvalue weighted by atomic mass is 16.5. The number of benzene rings is 1. The summed E-state index contributed by atoms with van der Waals surface area (Å²) in [4.78, 5) is 0. The smallest absolute Gasteiger partial charge is 0.126 e. The lowest BCUT2D eigenvalue weighted by Gasteiger charge is -2.43. The van der Waals surface area contributed by atoms with Crippen LogP contribution in [-0.4, -0.2) is 18.7 Å². The summed E-state index contributed by atoms with van der Waals surface area (Å²) in [6.45, 7) is 2.23. The summed E-state index contributed by atoms with van der Waals surface area (Å²) in [5.41, 5.74) is 4.70. The van der Waals surface area contributed by atoms with Gasteiger partial charge >= 0.3 is 0 Å². The lowest BCUT2D eigenvalue weighted by molar-refractivity contribution is 0.0158. The van der Waals surface area contributed by atoms with E-state index in [-0.39, 0.29) is 5.60 Å². The van der Waals surface area contributed by atoms with Crippen LogP contribution >= 0.6 is 0 Å². The molecular formula is C17H23NO. The maximum atomic E-state index is 6.62. The van der Waals surface area contributed by atoms with Crippen molar-refractivity contribution in [2.75, 3.05) is 13.1 Å². The van der Waals surface area contributed by atoms with Crippen LogP contribution in [0.1, 0.15) is 48.8 Å². The first-order valence-corrected chi connectivity index (χ1v) is 7.90. The molecule has 1 aromatic carbocycles. The number of rotatable bonds is 0. The molecule has 0 bridgehead atoms. The molecule has 2 nitrogen and oxygen atoms in total. The molecule has 1 saturated heterocycles. The van der Waals surface area contributed by atoms with Gasteiger partial charge in [-0.25, -0.2) is 0 Å². The van der Waals surface area contributed by atoms with Crippen LogP contribution in [-0.2, 0) is 19.3 Å². The van der Waals surface area contributed by atoms with Gasteiger partial charge in [0.15, 0.2) is 0 Å². The minimum atomic E-state index is 0.144. The number of piperidine rings is 1. The van der Waals surface area contributed by atoms with E-state index in [4.69, 9.17) is 4.74 Å². The molecular weight excluding hydrogens is 234 g/mol. The van der Waals surface area contributed by atoms with Crippen LogP contribution in [0, 0.1) is 0 Å². The number of hydrogen-bond acceptors (Lipinski definition) is 2. The third-order valence-electron chi connectivity index (χ3n) is 5.25. The average molecular weight is 257 g/mol. The number of aryl methyl sites for hydroxylation is 2. The largest absolute Gasteiger partial charge is 0.487 e. The number of hydrogen-bond donors (Lipinski definition) is 1. The minimum absolute atomic E-state index is 0.144. The Balaban J connectivity index is 1.72. The van der Waals surface area contributed by atoms with Gasteiger partial charge in [-0.3, -0.25) is 0 Å². The molecule has 0 atom stereocenters.